The topological polar surface area (TPSA) is 64.0 Å². The number of nitrogens with zero attached hydrogens (tertiary/aromatic N) is 2. The largest absolute Gasteiger partial charge is 0.350 e. The first-order valence-corrected chi connectivity index (χ1v) is 8.34. The molecule has 1 aromatic heterocycles. The van der Waals surface area contributed by atoms with E-state index in [2.05, 4.69) is 36.3 Å². The second-order valence-electron chi connectivity index (χ2n) is 6.37. The zero-order valence-electron chi connectivity index (χ0n) is 14.4. The Morgan fingerprint density at radius 3 is 2.56 bits per heavy atom. The average molecular weight is 335 g/mol. The zero-order valence-corrected chi connectivity index (χ0v) is 14.4. The summed E-state index contributed by atoms with van der Waals surface area (Å²) in [5.74, 6) is 0.267. The lowest BCUT2D eigenvalue weighted by Crippen LogP contribution is -2.32. The minimum absolute atomic E-state index is 0.0409. The van der Waals surface area contributed by atoms with Crippen molar-refractivity contribution >= 4 is 16.8 Å². The van der Waals surface area contributed by atoms with E-state index in [1.54, 1.807) is 18.2 Å². The van der Waals surface area contributed by atoms with E-state index in [0.29, 0.717) is 23.4 Å². The highest BCUT2D eigenvalue weighted by molar-refractivity contribution is 5.78. The fraction of sp³-hybridized carbons (Fsp3) is 0.250. The maximum Gasteiger partial charge on any atom is 0.261 e. The Labute approximate surface area is 146 Å². The summed E-state index contributed by atoms with van der Waals surface area (Å²) in [6, 6.07) is 15.3. The summed E-state index contributed by atoms with van der Waals surface area (Å²) in [4.78, 5) is 28.8. The van der Waals surface area contributed by atoms with Gasteiger partial charge in [-0.2, -0.15) is 0 Å². The number of carbonyl (C=O) groups excluding carboxylic acids is 1. The standard InChI is InChI=1S/C20H21N3O2/c1-14(2)16-9-7-15(8-10-16)11-21-19(24)12-23-13-22-18-6-4-3-5-17(18)20(23)25/h3-10,13-14H,11-12H2,1-2H3,(H,21,24). The molecule has 0 spiro atoms. The Morgan fingerprint density at radius 2 is 1.84 bits per heavy atom. The Balaban J connectivity index is 1.65. The van der Waals surface area contributed by atoms with Gasteiger partial charge in [0.05, 0.1) is 17.2 Å². The van der Waals surface area contributed by atoms with Gasteiger partial charge in [-0.3, -0.25) is 14.2 Å². The first kappa shape index (κ1) is 16.9. The van der Waals surface area contributed by atoms with Gasteiger partial charge in [0.25, 0.3) is 5.56 Å². The molecule has 128 valence electrons. The van der Waals surface area contributed by atoms with Crippen molar-refractivity contribution in [1.82, 2.24) is 14.9 Å². The lowest BCUT2D eigenvalue weighted by atomic mass is 10.0. The second-order valence-corrected chi connectivity index (χ2v) is 6.37. The number of carbonyl (C=O) groups is 1. The highest BCUT2D eigenvalue weighted by atomic mass is 16.2. The molecule has 2 aromatic carbocycles. The van der Waals surface area contributed by atoms with Crippen LogP contribution in [0.5, 0.6) is 0 Å². The average Bonchev–Trinajstić information content (AvgIpc) is 2.63. The number of fused-ring (bicyclic) bond motifs is 1. The third-order valence-corrected chi connectivity index (χ3v) is 4.18. The van der Waals surface area contributed by atoms with E-state index in [4.69, 9.17) is 0 Å². The molecule has 0 saturated heterocycles. The van der Waals surface area contributed by atoms with E-state index >= 15 is 0 Å². The lowest BCUT2D eigenvalue weighted by Gasteiger charge is -2.09. The lowest BCUT2D eigenvalue weighted by molar-refractivity contribution is -0.121. The van der Waals surface area contributed by atoms with E-state index in [0.717, 1.165) is 5.56 Å². The summed E-state index contributed by atoms with van der Waals surface area (Å²) in [6.45, 7) is 4.69. The molecule has 1 amide bonds. The molecule has 3 rings (SSSR count). The molecule has 0 fully saturated rings. The molecule has 0 aliphatic heterocycles. The van der Waals surface area contributed by atoms with Gasteiger partial charge in [-0.15, -0.1) is 0 Å². The van der Waals surface area contributed by atoms with Crippen LogP contribution in [0.25, 0.3) is 10.9 Å². The maximum absolute atomic E-state index is 12.4. The number of benzene rings is 2. The Bertz CT molecular complexity index is 943. The van der Waals surface area contributed by atoms with Crippen LogP contribution in [0, 0.1) is 0 Å². The van der Waals surface area contributed by atoms with Crippen molar-refractivity contribution in [1.29, 1.82) is 0 Å². The Kier molecular flexibility index (Phi) is 4.93. The van der Waals surface area contributed by atoms with Gasteiger partial charge in [-0.25, -0.2) is 4.98 Å². The van der Waals surface area contributed by atoms with Gasteiger partial charge in [-0.05, 0) is 29.2 Å². The van der Waals surface area contributed by atoms with Crippen LogP contribution >= 0.6 is 0 Å². The first-order valence-electron chi connectivity index (χ1n) is 8.34. The molecule has 0 atom stereocenters. The van der Waals surface area contributed by atoms with Gasteiger partial charge in [-0.1, -0.05) is 50.2 Å². The van der Waals surface area contributed by atoms with Crippen molar-refractivity contribution < 1.29 is 4.79 Å². The molecule has 1 heterocycles. The van der Waals surface area contributed by atoms with Crippen molar-refractivity contribution in [2.24, 2.45) is 0 Å². The quantitative estimate of drug-likeness (QED) is 0.780. The van der Waals surface area contributed by atoms with Crippen LogP contribution in [0.2, 0.25) is 0 Å². The number of rotatable bonds is 5. The summed E-state index contributed by atoms with van der Waals surface area (Å²) in [5.41, 5.74) is 2.72. The molecule has 0 aliphatic rings. The molecule has 0 saturated carbocycles. The fourth-order valence-electron chi connectivity index (χ4n) is 2.65. The van der Waals surface area contributed by atoms with Crippen LogP contribution < -0.4 is 10.9 Å². The van der Waals surface area contributed by atoms with E-state index in [-0.39, 0.29) is 18.0 Å². The number of amides is 1. The van der Waals surface area contributed by atoms with Crippen LogP contribution in [0.4, 0.5) is 0 Å². The Hall–Kier alpha value is -2.95. The number of hydrogen-bond acceptors (Lipinski definition) is 3. The van der Waals surface area contributed by atoms with Crippen LogP contribution in [0.15, 0.2) is 59.7 Å². The molecule has 0 aliphatic carbocycles. The molecular formula is C20H21N3O2. The summed E-state index contributed by atoms with van der Waals surface area (Å²) >= 11 is 0. The SMILES string of the molecule is CC(C)c1ccc(CNC(=O)Cn2cnc3ccccc3c2=O)cc1. The highest BCUT2D eigenvalue weighted by Crippen LogP contribution is 2.14. The molecule has 1 N–H and O–H groups in total. The van der Waals surface area contributed by atoms with Crippen LogP contribution in [0.3, 0.4) is 0 Å². The maximum atomic E-state index is 12.4. The zero-order chi connectivity index (χ0) is 17.8. The molecule has 3 aromatic rings. The van der Waals surface area contributed by atoms with E-state index in [9.17, 15) is 9.59 Å². The van der Waals surface area contributed by atoms with Crippen molar-refractivity contribution in [3.05, 3.63) is 76.3 Å². The van der Waals surface area contributed by atoms with Gasteiger partial charge < -0.3 is 5.32 Å². The monoisotopic (exact) mass is 335 g/mol. The highest BCUT2D eigenvalue weighted by Gasteiger charge is 2.08. The van der Waals surface area contributed by atoms with Crippen molar-refractivity contribution in [2.45, 2.75) is 32.9 Å². The molecule has 25 heavy (non-hydrogen) atoms. The number of hydrogen-bond donors (Lipinski definition) is 1. The minimum atomic E-state index is -0.216. The second kappa shape index (κ2) is 7.30. The summed E-state index contributed by atoms with van der Waals surface area (Å²) in [5, 5.41) is 3.36. The normalized spacial score (nSPS) is 11.0. The fourth-order valence-corrected chi connectivity index (χ4v) is 2.65. The molecule has 0 bridgehead atoms. The Morgan fingerprint density at radius 1 is 1.12 bits per heavy atom. The molecule has 5 nitrogen and oxygen atoms in total. The first-order chi connectivity index (χ1) is 12.0. The molecule has 5 heteroatoms. The van der Waals surface area contributed by atoms with Gasteiger partial charge in [0.15, 0.2) is 0 Å². The van der Waals surface area contributed by atoms with E-state index in [1.807, 2.05) is 18.2 Å². The van der Waals surface area contributed by atoms with Gasteiger partial charge in [0.2, 0.25) is 5.91 Å². The van der Waals surface area contributed by atoms with Crippen molar-refractivity contribution in [3.8, 4) is 0 Å². The summed E-state index contributed by atoms with van der Waals surface area (Å²) in [7, 11) is 0. The minimum Gasteiger partial charge on any atom is -0.350 e. The third kappa shape index (κ3) is 3.94. The van der Waals surface area contributed by atoms with Crippen LogP contribution in [-0.2, 0) is 17.9 Å². The molecule has 0 radical (unpaired) electrons. The molecular weight excluding hydrogens is 314 g/mol. The van der Waals surface area contributed by atoms with Crippen LogP contribution in [-0.4, -0.2) is 15.5 Å². The van der Waals surface area contributed by atoms with Gasteiger partial charge in [0.1, 0.15) is 6.54 Å². The van der Waals surface area contributed by atoms with Crippen LogP contribution in [0.1, 0.15) is 30.9 Å². The predicted octanol–water partition coefficient (Wildman–Crippen LogP) is 2.84. The van der Waals surface area contributed by atoms with Crippen molar-refractivity contribution in [3.63, 3.8) is 0 Å². The van der Waals surface area contributed by atoms with Crippen molar-refractivity contribution in [2.75, 3.05) is 0 Å². The molecule has 0 unspecified atom stereocenters. The smallest absolute Gasteiger partial charge is 0.261 e. The predicted molar refractivity (Wildman–Crippen MR) is 98.4 cm³/mol. The third-order valence-electron chi connectivity index (χ3n) is 4.18. The van der Waals surface area contributed by atoms with Gasteiger partial charge >= 0.3 is 0 Å². The van der Waals surface area contributed by atoms with E-state index in [1.165, 1.54) is 16.5 Å². The number of nitrogens with one attached hydrogen (secondary N) is 1. The summed E-state index contributed by atoms with van der Waals surface area (Å²) < 4.78 is 1.33. The number of aromatic nitrogens is 2. The van der Waals surface area contributed by atoms with Gasteiger partial charge in [0, 0.05) is 6.54 Å². The number of para-hydroxylation sites is 1. The summed E-state index contributed by atoms with van der Waals surface area (Å²) in [6.07, 6.45) is 1.42. The van der Waals surface area contributed by atoms with E-state index < -0.39 is 0 Å².